The highest BCUT2D eigenvalue weighted by atomic mass is 35.5. The average Bonchev–Trinajstić information content (AvgIpc) is 2.76. The highest BCUT2D eigenvalue weighted by molar-refractivity contribution is 6.31. The highest BCUT2D eigenvalue weighted by Crippen LogP contribution is 2.33. The van der Waals surface area contributed by atoms with Crippen molar-refractivity contribution in [3.05, 3.63) is 28.8 Å². The van der Waals surface area contributed by atoms with Crippen LogP contribution in [0.5, 0.6) is 0 Å². The maximum Gasteiger partial charge on any atom is 0.250 e. The molecule has 108 valence electrons. The van der Waals surface area contributed by atoms with Crippen LogP contribution in [0.25, 0.3) is 0 Å². The number of nitrogens with zero attached hydrogens (tertiary/aromatic N) is 1. The molecule has 3 rings (SSSR count). The SMILES string of the molecule is CN(c1cc(Cl)ccc1C(N)=O)C1CC2CCC(C1)N2. The van der Waals surface area contributed by atoms with Crippen molar-refractivity contribution in [1.29, 1.82) is 0 Å². The molecule has 0 spiro atoms. The minimum atomic E-state index is -0.402. The molecule has 1 aromatic rings. The van der Waals surface area contributed by atoms with E-state index in [-0.39, 0.29) is 0 Å². The summed E-state index contributed by atoms with van der Waals surface area (Å²) in [5, 5.41) is 4.26. The van der Waals surface area contributed by atoms with E-state index in [1.54, 1.807) is 12.1 Å². The zero-order valence-corrected chi connectivity index (χ0v) is 12.4. The van der Waals surface area contributed by atoms with Gasteiger partial charge in [0.15, 0.2) is 0 Å². The predicted molar refractivity (Wildman–Crippen MR) is 81.3 cm³/mol. The number of anilines is 1. The molecular weight excluding hydrogens is 274 g/mol. The number of hydrogen-bond donors (Lipinski definition) is 2. The molecule has 0 saturated carbocycles. The molecule has 5 heteroatoms. The Bertz CT molecular complexity index is 522. The molecular formula is C15H20ClN3O. The zero-order chi connectivity index (χ0) is 14.3. The van der Waals surface area contributed by atoms with Crippen molar-refractivity contribution in [2.75, 3.05) is 11.9 Å². The molecule has 0 radical (unpaired) electrons. The Hall–Kier alpha value is -1.26. The lowest BCUT2D eigenvalue weighted by Crippen LogP contribution is -2.47. The molecule has 2 aliphatic heterocycles. The number of nitrogens with two attached hydrogens (primary N) is 1. The minimum absolute atomic E-state index is 0.402. The molecule has 20 heavy (non-hydrogen) atoms. The lowest BCUT2D eigenvalue weighted by molar-refractivity contribution is 0.100. The fourth-order valence-electron chi connectivity index (χ4n) is 3.55. The van der Waals surface area contributed by atoms with Gasteiger partial charge < -0.3 is 16.0 Å². The van der Waals surface area contributed by atoms with Gasteiger partial charge in [-0.15, -0.1) is 0 Å². The Labute approximate surface area is 124 Å². The maximum absolute atomic E-state index is 11.6. The fraction of sp³-hybridized carbons (Fsp3) is 0.533. The molecule has 1 amide bonds. The Morgan fingerprint density at radius 3 is 2.60 bits per heavy atom. The van der Waals surface area contributed by atoms with E-state index >= 15 is 0 Å². The monoisotopic (exact) mass is 293 g/mol. The van der Waals surface area contributed by atoms with Gasteiger partial charge >= 0.3 is 0 Å². The third-order valence-electron chi connectivity index (χ3n) is 4.60. The number of nitrogens with one attached hydrogen (secondary N) is 1. The number of amides is 1. The van der Waals surface area contributed by atoms with Crippen molar-refractivity contribution < 1.29 is 4.79 Å². The van der Waals surface area contributed by atoms with Gasteiger partial charge in [0.25, 0.3) is 5.91 Å². The van der Waals surface area contributed by atoms with Crippen LogP contribution in [0.4, 0.5) is 5.69 Å². The molecule has 2 bridgehead atoms. The van der Waals surface area contributed by atoms with Crippen molar-refractivity contribution >= 4 is 23.2 Å². The third-order valence-corrected chi connectivity index (χ3v) is 4.84. The molecule has 2 unspecified atom stereocenters. The normalized spacial score (nSPS) is 28.4. The van der Waals surface area contributed by atoms with Gasteiger partial charge in [-0.2, -0.15) is 0 Å². The molecule has 2 fully saturated rings. The smallest absolute Gasteiger partial charge is 0.250 e. The van der Waals surface area contributed by atoms with Gasteiger partial charge in [0.2, 0.25) is 0 Å². The first kappa shape index (κ1) is 13.7. The van der Waals surface area contributed by atoms with Crippen molar-refractivity contribution in [2.45, 2.75) is 43.8 Å². The third kappa shape index (κ3) is 2.50. The molecule has 2 heterocycles. The van der Waals surface area contributed by atoms with E-state index in [4.69, 9.17) is 17.3 Å². The number of carbonyl (C=O) groups is 1. The van der Waals surface area contributed by atoms with Gasteiger partial charge in [-0.3, -0.25) is 4.79 Å². The van der Waals surface area contributed by atoms with E-state index in [1.165, 1.54) is 12.8 Å². The quantitative estimate of drug-likeness (QED) is 0.898. The summed E-state index contributed by atoms with van der Waals surface area (Å²) in [6.45, 7) is 0. The Morgan fingerprint density at radius 2 is 2.00 bits per heavy atom. The summed E-state index contributed by atoms with van der Waals surface area (Å²) in [4.78, 5) is 13.8. The van der Waals surface area contributed by atoms with Gasteiger partial charge in [-0.05, 0) is 43.9 Å². The first-order chi connectivity index (χ1) is 9.54. The topological polar surface area (TPSA) is 58.4 Å². The van der Waals surface area contributed by atoms with Crippen LogP contribution in [-0.4, -0.2) is 31.1 Å². The standard InChI is InChI=1S/C15H20ClN3O/c1-19(12-7-10-3-4-11(8-12)18-10)14-6-9(16)2-5-13(14)15(17)20/h2,5-6,10-12,18H,3-4,7-8H2,1H3,(H2,17,20). The molecule has 4 nitrogen and oxygen atoms in total. The molecule has 0 aromatic heterocycles. The van der Waals surface area contributed by atoms with Gasteiger partial charge in [0.1, 0.15) is 0 Å². The first-order valence-electron chi connectivity index (χ1n) is 7.13. The number of carbonyl (C=O) groups excluding carboxylic acids is 1. The van der Waals surface area contributed by atoms with Crippen molar-refractivity contribution in [3.8, 4) is 0 Å². The van der Waals surface area contributed by atoms with Crippen LogP contribution in [0, 0.1) is 0 Å². The summed E-state index contributed by atoms with van der Waals surface area (Å²) >= 11 is 6.08. The van der Waals surface area contributed by atoms with E-state index in [0.717, 1.165) is 18.5 Å². The number of rotatable bonds is 3. The lowest BCUT2D eigenvalue weighted by atomic mass is 9.97. The Kier molecular flexibility index (Phi) is 3.61. The zero-order valence-electron chi connectivity index (χ0n) is 11.6. The van der Waals surface area contributed by atoms with Crippen LogP contribution >= 0.6 is 11.6 Å². The van der Waals surface area contributed by atoms with E-state index in [1.807, 2.05) is 13.1 Å². The summed E-state index contributed by atoms with van der Waals surface area (Å²) in [5.74, 6) is -0.402. The van der Waals surface area contributed by atoms with Crippen LogP contribution in [0.15, 0.2) is 18.2 Å². The summed E-state index contributed by atoms with van der Waals surface area (Å²) < 4.78 is 0. The number of benzene rings is 1. The average molecular weight is 294 g/mol. The highest BCUT2D eigenvalue weighted by Gasteiger charge is 2.35. The summed E-state index contributed by atoms with van der Waals surface area (Å²) in [7, 11) is 2.04. The predicted octanol–water partition coefficient (Wildman–Crippen LogP) is 2.16. The fourth-order valence-corrected chi connectivity index (χ4v) is 3.71. The summed E-state index contributed by atoms with van der Waals surface area (Å²) in [6, 6.07) is 6.92. The maximum atomic E-state index is 11.6. The number of primary amides is 1. The van der Waals surface area contributed by atoms with Gasteiger partial charge in [-0.1, -0.05) is 11.6 Å². The molecule has 0 aliphatic carbocycles. The summed E-state index contributed by atoms with van der Waals surface area (Å²) in [5.41, 5.74) is 6.87. The largest absolute Gasteiger partial charge is 0.371 e. The second-order valence-electron chi connectivity index (χ2n) is 5.90. The van der Waals surface area contributed by atoms with E-state index in [0.29, 0.717) is 28.7 Å². The number of hydrogen-bond acceptors (Lipinski definition) is 3. The number of fused-ring (bicyclic) bond motifs is 2. The van der Waals surface area contributed by atoms with Crippen LogP contribution in [-0.2, 0) is 0 Å². The molecule has 2 saturated heterocycles. The Morgan fingerprint density at radius 1 is 1.35 bits per heavy atom. The van der Waals surface area contributed by atoms with E-state index in [2.05, 4.69) is 10.2 Å². The lowest BCUT2D eigenvalue weighted by Gasteiger charge is -2.37. The summed E-state index contributed by atoms with van der Waals surface area (Å²) in [6.07, 6.45) is 4.73. The van der Waals surface area contributed by atoms with E-state index in [9.17, 15) is 4.79 Å². The molecule has 3 N–H and O–H groups in total. The first-order valence-corrected chi connectivity index (χ1v) is 7.50. The Balaban J connectivity index is 1.88. The molecule has 2 aliphatic rings. The van der Waals surface area contributed by atoms with Crippen LogP contribution < -0.4 is 16.0 Å². The van der Waals surface area contributed by atoms with Crippen LogP contribution in [0.3, 0.4) is 0 Å². The van der Waals surface area contributed by atoms with E-state index < -0.39 is 5.91 Å². The number of piperidine rings is 1. The van der Waals surface area contributed by atoms with Crippen LogP contribution in [0.1, 0.15) is 36.0 Å². The second kappa shape index (κ2) is 5.26. The molecule has 1 aromatic carbocycles. The molecule has 2 atom stereocenters. The number of halogens is 1. The van der Waals surface area contributed by atoms with Crippen molar-refractivity contribution in [3.63, 3.8) is 0 Å². The van der Waals surface area contributed by atoms with Gasteiger partial charge in [0, 0.05) is 30.2 Å². The minimum Gasteiger partial charge on any atom is -0.371 e. The van der Waals surface area contributed by atoms with Gasteiger partial charge in [0.05, 0.1) is 11.3 Å². The van der Waals surface area contributed by atoms with Crippen LogP contribution in [0.2, 0.25) is 5.02 Å². The van der Waals surface area contributed by atoms with Crippen molar-refractivity contribution in [1.82, 2.24) is 5.32 Å². The van der Waals surface area contributed by atoms with Gasteiger partial charge in [-0.25, -0.2) is 0 Å². The van der Waals surface area contributed by atoms with Crippen molar-refractivity contribution in [2.24, 2.45) is 5.73 Å². The second-order valence-corrected chi connectivity index (χ2v) is 6.34.